The number of halogens is 2. The molecule has 0 saturated carbocycles. The lowest BCUT2D eigenvalue weighted by atomic mass is 10.3. The molecule has 2 N–H and O–H groups in total. The Morgan fingerprint density at radius 1 is 1.38 bits per heavy atom. The van der Waals surface area contributed by atoms with Gasteiger partial charge in [-0.2, -0.15) is 0 Å². The Hall–Kier alpha value is -1.02. The van der Waals surface area contributed by atoms with E-state index in [1.54, 1.807) is 0 Å². The summed E-state index contributed by atoms with van der Waals surface area (Å²) in [5, 5.41) is 0.213. The molecule has 118 valence electrons. The Morgan fingerprint density at radius 2 is 2.00 bits per heavy atom. The molecule has 0 bridgehead atoms. The normalized spacial score (nSPS) is 11.7. The summed E-state index contributed by atoms with van der Waals surface area (Å²) in [4.78, 5) is 10.8. The predicted molar refractivity (Wildman–Crippen MR) is 81.9 cm³/mol. The maximum atomic E-state index is 12.4. The molecule has 1 aromatic rings. The van der Waals surface area contributed by atoms with E-state index in [-0.39, 0.29) is 33.6 Å². The summed E-state index contributed by atoms with van der Waals surface area (Å²) in [7, 11) is -1.20. The summed E-state index contributed by atoms with van der Waals surface area (Å²) in [6.07, 6.45) is 0.452. The van der Waals surface area contributed by atoms with Crippen molar-refractivity contribution in [2.45, 2.75) is 17.7 Å². The van der Waals surface area contributed by atoms with Gasteiger partial charge in [0.2, 0.25) is 10.0 Å². The number of nitrogens with two attached hydrogens (primary N) is 1. The first kappa shape index (κ1) is 18.0. The summed E-state index contributed by atoms with van der Waals surface area (Å²) in [5.74, 6) is -0.398. The third-order valence-corrected chi connectivity index (χ3v) is 5.39. The van der Waals surface area contributed by atoms with Gasteiger partial charge >= 0.3 is 5.97 Å². The van der Waals surface area contributed by atoms with Gasteiger partial charge in [-0.15, -0.1) is 0 Å². The lowest BCUT2D eigenvalue weighted by molar-refractivity contribution is -0.140. The first-order chi connectivity index (χ1) is 9.70. The molecule has 0 heterocycles. The van der Waals surface area contributed by atoms with Crippen LogP contribution in [0, 0.1) is 0 Å². The minimum absolute atomic E-state index is 0.0210. The second-order valence-corrected chi connectivity index (χ2v) is 7.14. The number of rotatable bonds is 6. The van der Waals surface area contributed by atoms with Crippen molar-refractivity contribution in [2.24, 2.45) is 0 Å². The number of hydrogen-bond acceptors (Lipinski definition) is 5. The number of hydrogen-bond donors (Lipinski definition) is 1. The molecule has 0 amide bonds. The molecule has 0 unspecified atom stereocenters. The second-order valence-electron chi connectivity index (χ2n) is 4.31. The Balaban J connectivity index is 2.93. The fourth-order valence-electron chi connectivity index (χ4n) is 1.68. The number of esters is 1. The molecule has 0 radical (unpaired) electrons. The van der Waals surface area contributed by atoms with Gasteiger partial charge in [0.05, 0.1) is 17.8 Å². The monoisotopic (exact) mass is 354 g/mol. The van der Waals surface area contributed by atoms with Crippen LogP contribution in [0.2, 0.25) is 10.0 Å². The van der Waals surface area contributed by atoms with Crippen LogP contribution in [0.4, 0.5) is 5.69 Å². The maximum absolute atomic E-state index is 12.4. The minimum atomic E-state index is -3.86. The number of sulfonamides is 1. The molecule has 0 aliphatic rings. The highest BCUT2D eigenvalue weighted by Crippen LogP contribution is 2.32. The van der Waals surface area contributed by atoms with Gasteiger partial charge in [0.25, 0.3) is 0 Å². The van der Waals surface area contributed by atoms with Crippen molar-refractivity contribution < 1.29 is 17.9 Å². The molecule has 1 aromatic carbocycles. The molecule has 0 fully saturated rings. The Bertz CT molecular complexity index is 611. The van der Waals surface area contributed by atoms with Crippen molar-refractivity contribution in [3.8, 4) is 0 Å². The quantitative estimate of drug-likeness (QED) is 0.624. The molecule has 0 atom stereocenters. The molecule has 0 aliphatic heterocycles. The molecule has 0 spiro atoms. The highest BCUT2D eigenvalue weighted by atomic mass is 35.5. The first-order valence-corrected chi connectivity index (χ1v) is 8.17. The topological polar surface area (TPSA) is 89.7 Å². The lowest BCUT2D eigenvalue weighted by Crippen LogP contribution is -2.29. The van der Waals surface area contributed by atoms with Crippen LogP contribution in [0.1, 0.15) is 12.8 Å². The van der Waals surface area contributed by atoms with E-state index in [4.69, 9.17) is 28.9 Å². The second kappa shape index (κ2) is 7.31. The van der Waals surface area contributed by atoms with Crippen molar-refractivity contribution in [2.75, 3.05) is 26.4 Å². The van der Waals surface area contributed by atoms with Crippen molar-refractivity contribution in [3.05, 3.63) is 22.2 Å². The average molecular weight is 355 g/mol. The van der Waals surface area contributed by atoms with Gasteiger partial charge in [-0.05, 0) is 18.6 Å². The smallest absolute Gasteiger partial charge is 0.305 e. The zero-order valence-corrected chi connectivity index (χ0v) is 13.9. The van der Waals surface area contributed by atoms with Crippen LogP contribution in [0.15, 0.2) is 17.0 Å². The molecule has 0 aliphatic carbocycles. The van der Waals surface area contributed by atoms with Crippen molar-refractivity contribution in [1.82, 2.24) is 4.31 Å². The highest BCUT2D eigenvalue weighted by molar-refractivity contribution is 7.89. The third-order valence-electron chi connectivity index (χ3n) is 2.79. The summed E-state index contributed by atoms with van der Waals surface area (Å²) in [6.45, 7) is 0.135. The van der Waals surface area contributed by atoms with E-state index in [1.807, 2.05) is 0 Å². The summed E-state index contributed by atoms with van der Waals surface area (Å²) in [5.41, 5.74) is 5.67. The van der Waals surface area contributed by atoms with Crippen LogP contribution in [0.5, 0.6) is 0 Å². The van der Waals surface area contributed by atoms with Crippen LogP contribution in [-0.2, 0) is 19.6 Å². The van der Waals surface area contributed by atoms with Crippen LogP contribution < -0.4 is 5.73 Å². The van der Waals surface area contributed by atoms with Crippen molar-refractivity contribution in [3.63, 3.8) is 0 Å². The van der Waals surface area contributed by atoms with Gasteiger partial charge in [0.15, 0.2) is 0 Å². The van der Waals surface area contributed by atoms with E-state index in [9.17, 15) is 13.2 Å². The standard InChI is InChI=1S/C12H16Cl2N2O4S/c1-16(5-3-4-11(17)20-2)21(18,19)12-9(14)6-8(13)7-10(12)15/h6-7H,3-5,15H2,1-2H3. The highest BCUT2D eigenvalue weighted by Gasteiger charge is 2.26. The van der Waals surface area contributed by atoms with Gasteiger partial charge in [-0.25, -0.2) is 12.7 Å². The van der Waals surface area contributed by atoms with Crippen LogP contribution in [0.25, 0.3) is 0 Å². The largest absolute Gasteiger partial charge is 0.469 e. The molecule has 9 heteroatoms. The van der Waals surface area contributed by atoms with Crippen LogP contribution in [0.3, 0.4) is 0 Å². The van der Waals surface area contributed by atoms with Gasteiger partial charge in [-0.1, -0.05) is 23.2 Å². The number of nitrogen functional groups attached to an aromatic ring is 1. The maximum Gasteiger partial charge on any atom is 0.305 e. The number of carbonyl (C=O) groups is 1. The van der Waals surface area contributed by atoms with Gasteiger partial charge in [0, 0.05) is 25.0 Å². The van der Waals surface area contributed by atoms with Crippen LogP contribution >= 0.6 is 23.2 Å². The zero-order valence-electron chi connectivity index (χ0n) is 11.6. The number of anilines is 1. The minimum Gasteiger partial charge on any atom is -0.469 e. The average Bonchev–Trinajstić information content (AvgIpc) is 2.36. The van der Waals surface area contributed by atoms with E-state index in [0.29, 0.717) is 6.42 Å². The summed E-state index contributed by atoms with van der Waals surface area (Å²) < 4.78 is 30.4. The van der Waals surface area contributed by atoms with Gasteiger partial charge in [-0.3, -0.25) is 4.79 Å². The SMILES string of the molecule is COC(=O)CCCN(C)S(=O)(=O)c1c(N)cc(Cl)cc1Cl. The molecule has 0 aromatic heterocycles. The van der Waals surface area contributed by atoms with Crippen molar-refractivity contribution in [1.29, 1.82) is 0 Å². The molecular formula is C12H16Cl2N2O4S. The number of methoxy groups -OCH3 is 1. The number of ether oxygens (including phenoxy) is 1. The Kier molecular flexibility index (Phi) is 6.27. The van der Waals surface area contributed by atoms with E-state index in [2.05, 4.69) is 4.74 Å². The fraction of sp³-hybridized carbons (Fsp3) is 0.417. The molecule has 1 rings (SSSR count). The van der Waals surface area contributed by atoms with Gasteiger partial charge < -0.3 is 10.5 Å². The molecule has 6 nitrogen and oxygen atoms in total. The molecule has 0 saturated heterocycles. The zero-order chi connectivity index (χ0) is 16.2. The summed E-state index contributed by atoms with van der Waals surface area (Å²) >= 11 is 11.7. The van der Waals surface area contributed by atoms with Gasteiger partial charge in [0.1, 0.15) is 4.90 Å². The summed E-state index contributed by atoms with van der Waals surface area (Å²) in [6, 6.07) is 2.64. The molecule has 21 heavy (non-hydrogen) atoms. The lowest BCUT2D eigenvalue weighted by Gasteiger charge is -2.19. The number of carbonyl (C=O) groups excluding carboxylic acids is 1. The van der Waals surface area contributed by atoms with Crippen LogP contribution in [-0.4, -0.2) is 39.4 Å². The number of benzene rings is 1. The van der Waals surface area contributed by atoms with E-state index >= 15 is 0 Å². The first-order valence-electron chi connectivity index (χ1n) is 5.97. The van der Waals surface area contributed by atoms with Crippen molar-refractivity contribution >= 4 is 44.9 Å². The predicted octanol–water partition coefficient (Wildman–Crippen LogP) is 2.15. The van der Waals surface area contributed by atoms with E-state index in [0.717, 1.165) is 4.31 Å². The molecular weight excluding hydrogens is 339 g/mol. The fourth-order valence-corrected chi connectivity index (χ4v) is 3.82. The Labute approximate surface area is 133 Å². The third kappa shape index (κ3) is 4.47. The van der Waals surface area contributed by atoms with E-state index in [1.165, 1.54) is 26.3 Å². The van der Waals surface area contributed by atoms with E-state index < -0.39 is 16.0 Å². The number of nitrogens with zero attached hydrogens (tertiary/aromatic N) is 1. The Morgan fingerprint density at radius 3 is 2.52 bits per heavy atom.